The van der Waals surface area contributed by atoms with Crippen LogP contribution in [0.15, 0.2) is 24.3 Å². The molecule has 130 valence electrons. The highest BCUT2D eigenvalue weighted by Gasteiger charge is 2.20. The number of rotatable bonds is 7. The van der Waals surface area contributed by atoms with Crippen LogP contribution in [0.1, 0.15) is 64.0 Å². The van der Waals surface area contributed by atoms with E-state index >= 15 is 0 Å². The van der Waals surface area contributed by atoms with Crippen LogP contribution in [-0.4, -0.2) is 21.0 Å². The van der Waals surface area contributed by atoms with Crippen molar-refractivity contribution in [3.63, 3.8) is 0 Å². The van der Waals surface area contributed by atoms with Crippen molar-refractivity contribution in [3.05, 3.63) is 35.4 Å². The van der Waals surface area contributed by atoms with Crippen molar-refractivity contribution in [3.8, 4) is 0 Å². The Morgan fingerprint density at radius 2 is 1.70 bits per heavy atom. The molecule has 0 spiro atoms. The minimum absolute atomic E-state index is 0.123. The summed E-state index contributed by atoms with van der Waals surface area (Å²) in [5, 5.41) is 0. The van der Waals surface area contributed by atoms with Crippen molar-refractivity contribution in [1.82, 2.24) is 9.44 Å². The van der Waals surface area contributed by atoms with Crippen LogP contribution in [0.4, 0.5) is 0 Å². The van der Waals surface area contributed by atoms with Crippen molar-refractivity contribution >= 4 is 10.2 Å². The van der Waals surface area contributed by atoms with E-state index < -0.39 is 10.2 Å². The molecular weight excluding hydrogens is 308 g/mol. The molecule has 0 bridgehead atoms. The van der Waals surface area contributed by atoms with E-state index in [2.05, 4.69) is 54.5 Å². The van der Waals surface area contributed by atoms with Gasteiger partial charge in [0.25, 0.3) is 10.2 Å². The van der Waals surface area contributed by atoms with Crippen LogP contribution in [0.3, 0.4) is 0 Å². The lowest BCUT2D eigenvalue weighted by atomic mass is 9.86. The molecule has 5 heteroatoms. The number of benzene rings is 1. The van der Waals surface area contributed by atoms with Gasteiger partial charge in [-0.1, -0.05) is 57.9 Å². The van der Waals surface area contributed by atoms with E-state index in [-0.39, 0.29) is 11.5 Å². The van der Waals surface area contributed by atoms with E-state index in [1.807, 2.05) is 0 Å². The van der Waals surface area contributed by atoms with Crippen LogP contribution in [0, 0.1) is 0 Å². The van der Waals surface area contributed by atoms with Gasteiger partial charge < -0.3 is 0 Å². The van der Waals surface area contributed by atoms with E-state index in [0.29, 0.717) is 6.54 Å². The lowest BCUT2D eigenvalue weighted by molar-refractivity contribution is 0.537. The second-order valence-electron chi connectivity index (χ2n) is 7.55. The van der Waals surface area contributed by atoms with Gasteiger partial charge >= 0.3 is 0 Å². The van der Waals surface area contributed by atoms with Gasteiger partial charge in [-0.15, -0.1) is 0 Å². The van der Waals surface area contributed by atoms with E-state index in [4.69, 9.17) is 0 Å². The maximum atomic E-state index is 11.9. The molecule has 23 heavy (non-hydrogen) atoms. The average Bonchev–Trinajstić information content (AvgIpc) is 2.95. The number of nitrogens with one attached hydrogen (secondary N) is 2. The molecule has 0 heterocycles. The summed E-state index contributed by atoms with van der Waals surface area (Å²) < 4.78 is 29.3. The van der Waals surface area contributed by atoms with Gasteiger partial charge in [-0.2, -0.15) is 13.1 Å². The summed E-state index contributed by atoms with van der Waals surface area (Å²) in [5.41, 5.74) is 2.74. The highest BCUT2D eigenvalue weighted by Crippen LogP contribution is 2.22. The summed E-state index contributed by atoms with van der Waals surface area (Å²) in [6.07, 6.45) is 5.86. The van der Waals surface area contributed by atoms with Crippen LogP contribution in [0.2, 0.25) is 0 Å². The third-order valence-electron chi connectivity index (χ3n) is 4.43. The summed E-state index contributed by atoms with van der Waals surface area (Å²) in [6.45, 7) is 7.08. The van der Waals surface area contributed by atoms with Crippen LogP contribution >= 0.6 is 0 Å². The normalized spacial score (nSPS) is 16.8. The van der Waals surface area contributed by atoms with Crippen LogP contribution < -0.4 is 9.44 Å². The molecule has 0 unspecified atom stereocenters. The first-order chi connectivity index (χ1) is 10.8. The second kappa shape index (κ2) is 7.77. The SMILES string of the molecule is CC(C)(C)c1ccc(CCCNS(=O)(=O)NC2CCCC2)cc1. The largest absolute Gasteiger partial charge is 0.277 e. The summed E-state index contributed by atoms with van der Waals surface area (Å²) in [4.78, 5) is 0. The minimum Gasteiger partial charge on any atom is -0.202 e. The Balaban J connectivity index is 1.72. The molecule has 0 aliphatic heterocycles. The summed E-state index contributed by atoms with van der Waals surface area (Å²) in [5.74, 6) is 0. The molecular formula is C18H30N2O2S. The maximum absolute atomic E-state index is 11.9. The fraction of sp³-hybridized carbons (Fsp3) is 0.667. The van der Waals surface area contributed by atoms with Crippen LogP contribution in [0.5, 0.6) is 0 Å². The molecule has 2 N–H and O–H groups in total. The molecule has 1 aliphatic carbocycles. The third-order valence-corrected chi connectivity index (χ3v) is 5.66. The lowest BCUT2D eigenvalue weighted by Crippen LogP contribution is -2.42. The molecule has 0 radical (unpaired) electrons. The summed E-state index contributed by atoms with van der Waals surface area (Å²) in [7, 11) is -3.35. The Kier molecular flexibility index (Phi) is 6.23. The Morgan fingerprint density at radius 3 is 2.26 bits per heavy atom. The van der Waals surface area contributed by atoms with Gasteiger partial charge in [-0.25, -0.2) is 4.72 Å². The molecule has 1 saturated carbocycles. The number of aryl methyl sites for hydroxylation is 1. The predicted octanol–water partition coefficient (Wildman–Crippen LogP) is 3.28. The van der Waals surface area contributed by atoms with Crippen LogP contribution in [0.25, 0.3) is 0 Å². The zero-order valence-electron chi connectivity index (χ0n) is 14.6. The molecule has 0 aromatic heterocycles. The zero-order valence-corrected chi connectivity index (χ0v) is 15.4. The Hall–Kier alpha value is -0.910. The van der Waals surface area contributed by atoms with E-state index in [1.165, 1.54) is 11.1 Å². The first-order valence-electron chi connectivity index (χ1n) is 8.63. The minimum atomic E-state index is -3.35. The van der Waals surface area contributed by atoms with Gasteiger partial charge in [0.1, 0.15) is 0 Å². The van der Waals surface area contributed by atoms with Crippen molar-refractivity contribution in [2.45, 2.75) is 70.8 Å². The first-order valence-corrected chi connectivity index (χ1v) is 10.1. The van der Waals surface area contributed by atoms with Gasteiger partial charge in [0.15, 0.2) is 0 Å². The Bertz CT molecular complexity index is 582. The lowest BCUT2D eigenvalue weighted by Gasteiger charge is -2.19. The number of hydrogen-bond donors (Lipinski definition) is 2. The van der Waals surface area contributed by atoms with Crippen molar-refractivity contribution in [1.29, 1.82) is 0 Å². The van der Waals surface area contributed by atoms with Crippen molar-refractivity contribution in [2.24, 2.45) is 0 Å². The van der Waals surface area contributed by atoms with Gasteiger partial charge in [0.05, 0.1) is 0 Å². The van der Waals surface area contributed by atoms with E-state index in [9.17, 15) is 8.42 Å². The Labute approximate surface area is 141 Å². The zero-order chi connectivity index (χ0) is 16.9. The molecule has 1 fully saturated rings. The topological polar surface area (TPSA) is 58.2 Å². The monoisotopic (exact) mass is 338 g/mol. The highest BCUT2D eigenvalue weighted by atomic mass is 32.2. The molecule has 1 aromatic carbocycles. The highest BCUT2D eigenvalue weighted by molar-refractivity contribution is 7.87. The summed E-state index contributed by atoms with van der Waals surface area (Å²) in [6, 6.07) is 8.75. The number of hydrogen-bond acceptors (Lipinski definition) is 2. The van der Waals surface area contributed by atoms with E-state index in [0.717, 1.165) is 38.5 Å². The van der Waals surface area contributed by atoms with E-state index in [1.54, 1.807) is 0 Å². The molecule has 0 amide bonds. The van der Waals surface area contributed by atoms with Crippen LogP contribution in [-0.2, 0) is 22.0 Å². The van der Waals surface area contributed by atoms with Crippen molar-refractivity contribution in [2.75, 3.05) is 6.54 Å². The third kappa shape index (κ3) is 6.24. The fourth-order valence-corrected chi connectivity index (χ4v) is 4.15. The Morgan fingerprint density at radius 1 is 1.09 bits per heavy atom. The maximum Gasteiger partial charge on any atom is 0.277 e. The molecule has 0 atom stereocenters. The van der Waals surface area contributed by atoms with Gasteiger partial charge in [-0.3, -0.25) is 0 Å². The quantitative estimate of drug-likeness (QED) is 0.750. The molecule has 2 rings (SSSR count). The summed E-state index contributed by atoms with van der Waals surface area (Å²) >= 11 is 0. The standard InChI is InChI=1S/C18H30N2O2S/c1-18(2,3)16-12-10-15(11-13-16)7-6-14-19-23(21,22)20-17-8-4-5-9-17/h10-13,17,19-20H,4-9,14H2,1-3H3. The van der Waals surface area contributed by atoms with Gasteiger partial charge in [0.2, 0.25) is 0 Å². The van der Waals surface area contributed by atoms with Gasteiger partial charge in [-0.05, 0) is 42.2 Å². The first kappa shape index (κ1) is 18.4. The smallest absolute Gasteiger partial charge is 0.202 e. The fourth-order valence-electron chi connectivity index (χ4n) is 2.98. The average molecular weight is 339 g/mol. The molecule has 1 aliphatic rings. The van der Waals surface area contributed by atoms with Crippen molar-refractivity contribution < 1.29 is 8.42 Å². The second-order valence-corrected chi connectivity index (χ2v) is 9.08. The predicted molar refractivity (Wildman–Crippen MR) is 95.8 cm³/mol. The molecule has 1 aromatic rings. The molecule has 0 saturated heterocycles. The van der Waals surface area contributed by atoms with Gasteiger partial charge in [0, 0.05) is 12.6 Å². The molecule has 4 nitrogen and oxygen atoms in total.